The number of hydrogen-bond acceptors (Lipinski definition) is 4. The molecular formula is C37H30N2O2. The van der Waals surface area contributed by atoms with Crippen molar-refractivity contribution in [3.05, 3.63) is 162 Å². The number of carbonyl (C=O) groups excluding carboxylic acids is 1. The monoisotopic (exact) mass is 534 g/mol. The van der Waals surface area contributed by atoms with Crippen LogP contribution in [0.3, 0.4) is 0 Å². The summed E-state index contributed by atoms with van der Waals surface area (Å²) < 4.78 is 5.33. The Hall–Kier alpha value is -5.22. The normalized spacial score (nSPS) is 14.7. The van der Waals surface area contributed by atoms with E-state index in [0.29, 0.717) is 5.56 Å². The molecule has 41 heavy (non-hydrogen) atoms. The van der Waals surface area contributed by atoms with E-state index < -0.39 is 0 Å². The Morgan fingerprint density at radius 1 is 0.732 bits per heavy atom. The van der Waals surface area contributed by atoms with Crippen molar-refractivity contribution < 1.29 is 9.53 Å². The molecule has 6 rings (SSSR count). The van der Waals surface area contributed by atoms with Gasteiger partial charge in [0, 0.05) is 12.0 Å². The molecule has 1 heterocycles. The van der Waals surface area contributed by atoms with Crippen LogP contribution in [0.1, 0.15) is 39.5 Å². The number of hydrazone groups is 1. The first-order valence-corrected chi connectivity index (χ1v) is 13.7. The van der Waals surface area contributed by atoms with Crippen molar-refractivity contribution in [3.63, 3.8) is 0 Å². The van der Waals surface area contributed by atoms with Crippen molar-refractivity contribution in [2.45, 2.75) is 12.5 Å². The van der Waals surface area contributed by atoms with Crippen LogP contribution in [0.4, 0.5) is 5.69 Å². The van der Waals surface area contributed by atoms with Crippen LogP contribution in [0.15, 0.2) is 145 Å². The number of rotatable bonds is 8. The van der Waals surface area contributed by atoms with Crippen LogP contribution in [0.2, 0.25) is 0 Å². The molecule has 0 aliphatic carbocycles. The highest BCUT2D eigenvalue weighted by molar-refractivity contribution is 6.07. The van der Waals surface area contributed by atoms with Gasteiger partial charge >= 0.3 is 0 Å². The van der Waals surface area contributed by atoms with E-state index in [-0.39, 0.29) is 11.8 Å². The van der Waals surface area contributed by atoms with Gasteiger partial charge in [0.05, 0.1) is 24.6 Å². The summed E-state index contributed by atoms with van der Waals surface area (Å²) in [7, 11) is 1.67. The second-order valence-corrected chi connectivity index (χ2v) is 9.98. The van der Waals surface area contributed by atoms with Gasteiger partial charge in [0.15, 0.2) is 5.78 Å². The van der Waals surface area contributed by atoms with Gasteiger partial charge in [-0.15, -0.1) is 0 Å². The lowest BCUT2D eigenvalue weighted by molar-refractivity contribution is 0.104. The Morgan fingerprint density at radius 3 is 2.00 bits per heavy atom. The molecule has 0 radical (unpaired) electrons. The highest BCUT2D eigenvalue weighted by atomic mass is 16.5. The van der Waals surface area contributed by atoms with Crippen LogP contribution in [0, 0.1) is 0 Å². The van der Waals surface area contributed by atoms with Crippen molar-refractivity contribution in [3.8, 4) is 16.9 Å². The second-order valence-electron chi connectivity index (χ2n) is 9.98. The van der Waals surface area contributed by atoms with Gasteiger partial charge in [-0.2, -0.15) is 5.10 Å². The standard InChI is InChI=1S/C37H30N2O2/c1-41-34-23-19-30(20-24-34)35-26-36(31-10-6-3-7-11-31)39(38-35)33-21-12-27(13-22-33)14-25-37(40)32-17-15-29(16-18-32)28-8-4-2-5-9-28/h2-25,36H,26H2,1H3. The number of methoxy groups -OCH3 is 1. The van der Waals surface area contributed by atoms with Gasteiger partial charge < -0.3 is 4.74 Å². The maximum atomic E-state index is 12.8. The smallest absolute Gasteiger partial charge is 0.185 e. The zero-order chi connectivity index (χ0) is 28.0. The molecule has 0 spiro atoms. The van der Waals surface area contributed by atoms with Gasteiger partial charge in [-0.3, -0.25) is 9.80 Å². The van der Waals surface area contributed by atoms with Gasteiger partial charge in [0.2, 0.25) is 0 Å². The van der Waals surface area contributed by atoms with Gasteiger partial charge in [0.25, 0.3) is 0 Å². The van der Waals surface area contributed by atoms with E-state index in [0.717, 1.165) is 45.8 Å². The Bertz CT molecular complexity index is 1670. The molecule has 200 valence electrons. The van der Waals surface area contributed by atoms with Crippen molar-refractivity contribution >= 4 is 23.3 Å². The molecule has 1 unspecified atom stereocenters. The van der Waals surface area contributed by atoms with Gasteiger partial charge in [-0.25, -0.2) is 0 Å². The Labute approximate surface area is 240 Å². The van der Waals surface area contributed by atoms with Crippen molar-refractivity contribution in [2.75, 3.05) is 12.1 Å². The quantitative estimate of drug-likeness (QED) is 0.148. The molecule has 0 N–H and O–H groups in total. The Morgan fingerprint density at radius 2 is 1.34 bits per heavy atom. The van der Waals surface area contributed by atoms with Gasteiger partial charge in [0.1, 0.15) is 5.75 Å². The molecule has 1 aliphatic heterocycles. The third kappa shape index (κ3) is 5.87. The average Bonchev–Trinajstić information content (AvgIpc) is 3.50. The maximum absolute atomic E-state index is 12.8. The first-order chi connectivity index (χ1) is 20.2. The van der Waals surface area contributed by atoms with Crippen LogP contribution in [-0.2, 0) is 0 Å². The number of nitrogens with zero attached hydrogens (tertiary/aromatic N) is 2. The van der Waals surface area contributed by atoms with Crippen LogP contribution < -0.4 is 9.75 Å². The zero-order valence-electron chi connectivity index (χ0n) is 22.9. The lowest BCUT2D eigenvalue weighted by atomic mass is 9.98. The lowest BCUT2D eigenvalue weighted by Crippen LogP contribution is -2.18. The summed E-state index contributed by atoms with van der Waals surface area (Å²) in [6, 6.07) is 44.7. The van der Waals surface area contributed by atoms with Crippen molar-refractivity contribution in [2.24, 2.45) is 5.10 Å². The molecule has 4 heteroatoms. The van der Waals surface area contributed by atoms with Gasteiger partial charge in [-0.1, -0.05) is 103 Å². The molecule has 0 fully saturated rings. The minimum atomic E-state index is -0.0221. The lowest BCUT2D eigenvalue weighted by Gasteiger charge is -2.24. The van der Waals surface area contributed by atoms with E-state index >= 15 is 0 Å². The minimum absolute atomic E-state index is 0.0221. The fourth-order valence-electron chi connectivity index (χ4n) is 5.10. The highest BCUT2D eigenvalue weighted by Gasteiger charge is 2.29. The average molecular weight is 535 g/mol. The van der Waals surface area contributed by atoms with Crippen LogP contribution in [0.5, 0.6) is 5.75 Å². The number of ether oxygens (including phenoxy) is 1. The first kappa shape index (κ1) is 26.0. The molecule has 0 bridgehead atoms. The molecular weight excluding hydrogens is 504 g/mol. The van der Waals surface area contributed by atoms with Crippen molar-refractivity contribution in [1.82, 2.24) is 0 Å². The summed E-state index contributed by atoms with van der Waals surface area (Å²) in [6.45, 7) is 0. The number of allylic oxidation sites excluding steroid dienone is 1. The minimum Gasteiger partial charge on any atom is -0.497 e. The van der Waals surface area contributed by atoms with Crippen LogP contribution >= 0.6 is 0 Å². The summed E-state index contributed by atoms with van der Waals surface area (Å²) in [5.74, 6) is 0.807. The SMILES string of the molecule is COc1ccc(C2=NN(c3ccc(C=CC(=O)c4ccc(-c5ccccc5)cc4)cc3)C(c3ccccc3)C2)cc1. The second kappa shape index (κ2) is 11.9. The summed E-state index contributed by atoms with van der Waals surface area (Å²) in [6.07, 6.45) is 4.30. The Balaban J connectivity index is 1.19. The molecule has 1 atom stereocenters. The van der Waals surface area contributed by atoms with Crippen LogP contribution in [0.25, 0.3) is 17.2 Å². The summed E-state index contributed by atoms with van der Waals surface area (Å²) >= 11 is 0. The number of anilines is 1. The van der Waals surface area contributed by atoms with E-state index in [1.165, 1.54) is 5.56 Å². The summed E-state index contributed by atoms with van der Waals surface area (Å²) in [5, 5.41) is 7.15. The molecule has 0 aromatic heterocycles. The first-order valence-electron chi connectivity index (χ1n) is 13.7. The predicted molar refractivity (Wildman–Crippen MR) is 167 cm³/mol. The fourth-order valence-corrected chi connectivity index (χ4v) is 5.10. The van der Waals surface area contributed by atoms with E-state index in [4.69, 9.17) is 9.84 Å². The maximum Gasteiger partial charge on any atom is 0.185 e. The molecule has 5 aromatic carbocycles. The van der Waals surface area contributed by atoms with Gasteiger partial charge in [-0.05, 0) is 70.3 Å². The number of hydrogen-bond donors (Lipinski definition) is 0. The zero-order valence-corrected chi connectivity index (χ0v) is 22.9. The topological polar surface area (TPSA) is 41.9 Å². The van der Waals surface area contributed by atoms with E-state index in [1.807, 2.05) is 78.9 Å². The number of ketones is 1. The molecule has 1 aliphatic rings. The van der Waals surface area contributed by atoms with Crippen molar-refractivity contribution in [1.29, 1.82) is 0 Å². The van der Waals surface area contributed by atoms with E-state index in [2.05, 4.69) is 65.7 Å². The predicted octanol–water partition coefficient (Wildman–Crippen LogP) is 8.61. The number of benzene rings is 5. The van der Waals surface area contributed by atoms with Crippen LogP contribution in [-0.4, -0.2) is 18.6 Å². The highest BCUT2D eigenvalue weighted by Crippen LogP contribution is 2.37. The number of carbonyl (C=O) groups is 1. The molecule has 5 aromatic rings. The third-order valence-electron chi connectivity index (χ3n) is 7.38. The molecule has 4 nitrogen and oxygen atoms in total. The Kier molecular flexibility index (Phi) is 7.55. The summed E-state index contributed by atoms with van der Waals surface area (Å²) in [5.41, 5.74) is 8.19. The molecule has 0 saturated heterocycles. The largest absolute Gasteiger partial charge is 0.497 e. The third-order valence-corrected chi connectivity index (χ3v) is 7.38. The molecule has 0 saturated carbocycles. The molecule has 0 amide bonds. The van der Waals surface area contributed by atoms with E-state index in [9.17, 15) is 4.79 Å². The fraction of sp³-hybridized carbons (Fsp3) is 0.0811. The summed E-state index contributed by atoms with van der Waals surface area (Å²) in [4.78, 5) is 12.8. The van der Waals surface area contributed by atoms with E-state index in [1.54, 1.807) is 13.2 Å².